The molecule has 0 aliphatic carbocycles. The van der Waals surface area contributed by atoms with Crippen molar-refractivity contribution in [3.8, 4) is 5.75 Å². The van der Waals surface area contributed by atoms with E-state index in [1.165, 1.54) is 16.7 Å². The molecule has 5 nitrogen and oxygen atoms in total. The van der Waals surface area contributed by atoms with E-state index in [1.807, 2.05) is 12.1 Å². The Hall–Kier alpha value is -2.15. The standard InChI is InChI=1S/C25H35N3O2S/c1-19(2)24-20(3)6-5-7-23(24)26-25(31)28(13-12-27-14-16-30-17-15-27)18-21-8-10-22(29-4)11-9-21/h5-11,19H,12-18H2,1-4H3,(H,26,31). The first-order valence-corrected chi connectivity index (χ1v) is 11.5. The van der Waals surface area contributed by atoms with E-state index in [1.54, 1.807) is 7.11 Å². The summed E-state index contributed by atoms with van der Waals surface area (Å²) >= 11 is 5.91. The molecule has 0 saturated carbocycles. The Labute approximate surface area is 192 Å². The molecule has 0 amide bonds. The van der Waals surface area contributed by atoms with Gasteiger partial charge in [0.25, 0.3) is 0 Å². The van der Waals surface area contributed by atoms with Crippen LogP contribution >= 0.6 is 12.2 Å². The molecule has 1 aliphatic rings. The average Bonchev–Trinajstić information content (AvgIpc) is 2.77. The van der Waals surface area contributed by atoms with Crippen molar-refractivity contribution in [3.05, 3.63) is 59.2 Å². The highest BCUT2D eigenvalue weighted by molar-refractivity contribution is 7.80. The molecule has 0 bridgehead atoms. The zero-order valence-corrected chi connectivity index (χ0v) is 20.0. The van der Waals surface area contributed by atoms with Crippen molar-refractivity contribution in [1.82, 2.24) is 9.80 Å². The molecule has 31 heavy (non-hydrogen) atoms. The lowest BCUT2D eigenvalue weighted by atomic mass is 9.96. The number of hydrogen-bond donors (Lipinski definition) is 1. The van der Waals surface area contributed by atoms with Crippen LogP contribution in [0.4, 0.5) is 5.69 Å². The SMILES string of the molecule is COc1ccc(CN(CCN2CCOCC2)C(=S)Nc2cccc(C)c2C(C)C)cc1. The molecule has 6 heteroatoms. The predicted molar refractivity (Wildman–Crippen MR) is 132 cm³/mol. The Balaban J connectivity index is 1.75. The van der Waals surface area contributed by atoms with Gasteiger partial charge in [0.2, 0.25) is 0 Å². The van der Waals surface area contributed by atoms with E-state index < -0.39 is 0 Å². The summed E-state index contributed by atoms with van der Waals surface area (Å²) in [6.45, 7) is 12.8. The number of ether oxygens (including phenoxy) is 2. The van der Waals surface area contributed by atoms with Gasteiger partial charge in [-0.2, -0.15) is 0 Å². The average molecular weight is 442 g/mol. The third-order valence-corrected chi connectivity index (χ3v) is 6.11. The first-order valence-electron chi connectivity index (χ1n) is 11.1. The van der Waals surface area contributed by atoms with Crippen molar-refractivity contribution in [2.75, 3.05) is 51.8 Å². The molecule has 1 N–H and O–H groups in total. The van der Waals surface area contributed by atoms with Crippen molar-refractivity contribution in [3.63, 3.8) is 0 Å². The van der Waals surface area contributed by atoms with Gasteiger partial charge in [0, 0.05) is 38.4 Å². The predicted octanol–water partition coefficient (Wildman–Crippen LogP) is 4.66. The Bertz CT molecular complexity index is 848. The smallest absolute Gasteiger partial charge is 0.173 e. The van der Waals surface area contributed by atoms with Gasteiger partial charge in [-0.3, -0.25) is 4.90 Å². The van der Waals surface area contributed by atoms with E-state index >= 15 is 0 Å². The van der Waals surface area contributed by atoms with Gasteiger partial charge in [-0.25, -0.2) is 0 Å². The Morgan fingerprint density at radius 2 is 1.87 bits per heavy atom. The molecule has 0 radical (unpaired) electrons. The molecule has 1 fully saturated rings. The number of aryl methyl sites for hydroxylation is 1. The van der Waals surface area contributed by atoms with E-state index in [2.05, 4.69) is 66.2 Å². The van der Waals surface area contributed by atoms with Crippen molar-refractivity contribution < 1.29 is 9.47 Å². The fraction of sp³-hybridized carbons (Fsp3) is 0.480. The lowest BCUT2D eigenvalue weighted by Crippen LogP contribution is -2.44. The number of anilines is 1. The second-order valence-corrected chi connectivity index (χ2v) is 8.73. The van der Waals surface area contributed by atoms with Crippen LogP contribution in [-0.2, 0) is 11.3 Å². The Morgan fingerprint density at radius 3 is 2.52 bits per heavy atom. The number of benzene rings is 2. The van der Waals surface area contributed by atoms with Gasteiger partial charge in [0.15, 0.2) is 5.11 Å². The highest BCUT2D eigenvalue weighted by atomic mass is 32.1. The Morgan fingerprint density at radius 1 is 1.16 bits per heavy atom. The molecule has 3 rings (SSSR count). The van der Waals surface area contributed by atoms with E-state index in [4.69, 9.17) is 21.7 Å². The summed E-state index contributed by atoms with van der Waals surface area (Å²) in [5.74, 6) is 1.29. The van der Waals surface area contributed by atoms with Crippen molar-refractivity contribution in [2.24, 2.45) is 0 Å². The largest absolute Gasteiger partial charge is 0.497 e. The number of rotatable bonds is 8. The monoisotopic (exact) mass is 441 g/mol. The van der Waals surface area contributed by atoms with Crippen LogP contribution < -0.4 is 10.1 Å². The van der Waals surface area contributed by atoms with Crippen LogP contribution in [0.2, 0.25) is 0 Å². The first-order chi connectivity index (χ1) is 15.0. The minimum atomic E-state index is 0.426. The summed E-state index contributed by atoms with van der Waals surface area (Å²) in [5.41, 5.74) is 4.92. The number of morpholine rings is 1. The van der Waals surface area contributed by atoms with Gasteiger partial charge in [-0.05, 0) is 59.9 Å². The maximum Gasteiger partial charge on any atom is 0.173 e. The number of nitrogens with zero attached hydrogens (tertiary/aromatic N) is 2. The topological polar surface area (TPSA) is 37.0 Å². The molecule has 0 spiro atoms. The summed E-state index contributed by atoms with van der Waals surface area (Å²) in [5, 5.41) is 4.31. The molecule has 1 aliphatic heterocycles. The van der Waals surface area contributed by atoms with E-state index in [0.717, 1.165) is 62.5 Å². The molecule has 0 aromatic heterocycles. The van der Waals surface area contributed by atoms with Crippen LogP contribution in [0.1, 0.15) is 36.5 Å². The van der Waals surface area contributed by atoms with Crippen LogP contribution in [0.15, 0.2) is 42.5 Å². The highest BCUT2D eigenvalue weighted by Gasteiger charge is 2.17. The summed E-state index contributed by atoms with van der Waals surface area (Å²) in [6, 6.07) is 14.6. The van der Waals surface area contributed by atoms with Gasteiger partial charge in [0.1, 0.15) is 5.75 Å². The molecular formula is C25H35N3O2S. The van der Waals surface area contributed by atoms with Gasteiger partial charge >= 0.3 is 0 Å². The number of hydrogen-bond acceptors (Lipinski definition) is 4. The zero-order valence-electron chi connectivity index (χ0n) is 19.2. The molecular weight excluding hydrogens is 406 g/mol. The van der Waals surface area contributed by atoms with Gasteiger partial charge in [-0.15, -0.1) is 0 Å². The van der Waals surface area contributed by atoms with E-state index in [0.29, 0.717) is 5.92 Å². The molecule has 0 unspecified atom stereocenters. The normalized spacial score (nSPS) is 14.5. The van der Waals surface area contributed by atoms with Gasteiger partial charge < -0.3 is 19.7 Å². The number of methoxy groups -OCH3 is 1. The lowest BCUT2D eigenvalue weighted by molar-refractivity contribution is 0.0358. The van der Waals surface area contributed by atoms with Crippen molar-refractivity contribution >= 4 is 23.0 Å². The summed E-state index contributed by atoms with van der Waals surface area (Å²) in [4.78, 5) is 4.71. The fourth-order valence-corrected chi connectivity index (χ4v) is 4.31. The highest BCUT2D eigenvalue weighted by Crippen LogP contribution is 2.28. The molecule has 168 valence electrons. The van der Waals surface area contributed by atoms with Crippen LogP contribution in [0.25, 0.3) is 0 Å². The molecule has 1 saturated heterocycles. The van der Waals surface area contributed by atoms with Gasteiger partial charge in [0.05, 0.1) is 20.3 Å². The van der Waals surface area contributed by atoms with Crippen molar-refractivity contribution in [2.45, 2.75) is 33.2 Å². The second kappa shape index (κ2) is 11.5. The first kappa shape index (κ1) is 23.5. The number of nitrogens with one attached hydrogen (secondary N) is 1. The van der Waals surface area contributed by atoms with Gasteiger partial charge in [-0.1, -0.05) is 38.1 Å². The molecule has 0 atom stereocenters. The molecule has 2 aromatic rings. The lowest BCUT2D eigenvalue weighted by Gasteiger charge is -2.32. The van der Waals surface area contributed by atoms with Crippen molar-refractivity contribution in [1.29, 1.82) is 0 Å². The summed E-state index contributed by atoms with van der Waals surface area (Å²) in [7, 11) is 1.69. The summed E-state index contributed by atoms with van der Waals surface area (Å²) in [6.07, 6.45) is 0. The van der Waals surface area contributed by atoms with Crippen LogP contribution in [0, 0.1) is 6.92 Å². The fourth-order valence-electron chi connectivity index (χ4n) is 4.04. The second-order valence-electron chi connectivity index (χ2n) is 8.34. The minimum absolute atomic E-state index is 0.426. The zero-order chi connectivity index (χ0) is 22.2. The molecule has 2 aromatic carbocycles. The molecule has 1 heterocycles. The minimum Gasteiger partial charge on any atom is -0.497 e. The number of thiocarbonyl (C=S) groups is 1. The van der Waals surface area contributed by atoms with Crippen LogP contribution in [-0.4, -0.2) is 61.4 Å². The Kier molecular flexibility index (Phi) is 8.69. The van der Waals surface area contributed by atoms with Crippen LogP contribution in [0.3, 0.4) is 0 Å². The quantitative estimate of drug-likeness (QED) is 0.601. The summed E-state index contributed by atoms with van der Waals surface area (Å²) < 4.78 is 10.8. The van der Waals surface area contributed by atoms with E-state index in [-0.39, 0.29) is 0 Å². The maximum absolute atomic E-state index is 5.91. The van der Waals surface area contributed by atoms with E-state index in [9.17, 15) is 0 Å². The van der Waals surface area contributed by atoms with Crippen LogP contribution in [0.5, 0.6) is 5.75 Å². The maximum atomic E-state index is 5.91. The third kappa shape index (κ3) is 6.66. The third-order valence-electron chi connectivity index (χ3n) is 5.75.